The molecule has 8 nitrogen and oxygen atoms in total. The number of halogens is 4. The van der Waals surface area contributed by atoms with Gasteiger partial charge in [-0.3, -0.25) is 9.69 Å². The SMILES string of the molecule is CN1CCCC1c1ccc(S(=O)(=O)N2CCC(Nc3nc(N)c(C(=O)c4c(F)cccc4F)s3)CC2)cc1.Cl.Cl. The fourth-order valence-electron chi connectivity index (χ4n) is 5.14. The number of benzene rings is 2. The van der Waals surface area contributed by atoms with Gasteiger partial charge in [0, 0.05) is 25.2 Å². The van der Waals surface area contributed by atoms with Crippen LogP contribution in [0.5, 0.6) is 0 Å². The van der Waals surface area contributed by atoms with E-state index >= 15 is 0 Å². The standard InChI is InChI=1S/C26H29F2N5O3S2.2ClH/c1-32-13-3-6-21(32)16-7-9-18(10-8-16)38(35,36)33-14-11-17(12-15-33)30-26-31-25(29)24(37-26)23(34)22-19(27)4-2-5-20(22)28;;/h2,4-5,7-10,17,21H,3,6,11-15,29H2,1H3,(H,30,31);2*1H. The molecule has 0 amide bonds. The number of thiazole rings is 1. The molecule has 0 spiro atoms. The molecular formula is C26H31Cl2F2N5O3S2. The highest BCUT2D eigenvalue weighted by atomic mass is 35.5. The molecule has 5 rings (SSSR count). The van der Waals surface area contributed by atoms with Gasteiger partial charge in [-0.05, 0) is 69.1 Å². The third-order valence-electron chi connectivity index (χ3n) is 7.25. The minimum Gasteiger partial charge on any atom is -0.382 e. The lowest BCUT2D eigenvalue weighted by atomic mass is 10.1. The summed E-state index contributed by atoms with van der Waals surface area (Å²) in [4.78, 5) is 19.4. The summed E-state index contributed by atoms with van der Waals surface area (Å²) in [5.41, 5.74) is 6.35. The summed E-state index contributed by atoms with van der Waals surface area (Å²) in [6.45, 7) is 1.68. The van der Waals surface area contributed by atoms with E-state index in [0.29, 0.717) is 37.1 Å². The number of aromatic nitrogens is 1. The molecule has 0 bridgehead atoms. The first-order valence-corrected chi connectivity index (χ1v) is 14.7. The Hall–Kier alpha value is -2.35. The van der Waals surface area contributed by atoms with E-state index in [0.717, 1.165) is 48.4 Å². The number of ketones is 1. The highest BCUT2D eigenvalue weighted by Crippen LogP contribution is 2.33. The number of carbonyl (C=O) groups is 1. The summed E-state index contributed by atoms with van der Waals surface area (Å²) in [7, 11) is -1.54. The Labute approximate surface area is 248 Å². The summed E-state index contributed by atoms with van der Waals surface area (Å²) in [6, 6.07) is 10.6. The zero-order valence-corrected chi connectivity index (χ0v) is 24.9. The Balaban J connectivity index is 0.00000220. The Kier molecular flexibility index (Phi) is 10.5. The predicted molar refractivity (Wildman–Crippen MR) is 157 cm³/mol. The average Bonchev–Trinajstić information content (AvgIpc) is 3.49. The number of piperidine rings is 1. The van der Waals surface area contributed by atoms with Crippen molar-refractivity contribution in [2.24, 2.45) is 0 Å². The third kappa shape index (κ3) is 6.42. The molecule has 2 aliphatic heterocycles. The lowest BCUT2D eigenvalue weighted by Gasteiger charge is -2.31. The number of hydrogen-bond acceptors (Lipinski definition) is 8. The van der Waals surface area contributed by atoms with Crippen LogP contribution in [0.25, 0.3) is 0 Å². The first-order valence-electron chi connectivity index (χ1n) is 12.5. The molecule has 2 saturated heterocycles. The summed E-state index contributed by atoms with van der Waals surface area (Å²) in [5.74, 6) is -2.91. The number of nitrogen functional groups attached to an aromatic ring is 1. The molecule has 0 saturated carbocycles. The Morgan fingerprint density at radius 1 is 1.02 bits per heavy atom. The summed E-state index contributed by atoms with van der Waals surface area (Å²) in [5, 5.41) is 3.54. The van der Waals surface area contributed by atoms with Gasteiger partial charge in [-0.1, -0.05) is 29.5 Å². The maximum atomic E-state index is 14.1. The monoisotopic (exact) mass is 633 g/mol. The second-order valence-electron chi connectivity index (χ2n) is 9.69. The number of nitrogens with one attached hydrogen (secondary N) is 1. The van der Waals surface area contributed by atoms with Crippen LogP contribution in [0.1, 0.15) is 52.5 Å². The van der Waals surface area contributed by atoms with Crippen molar-refractivity contribution in [2.45, 2.75) is 42.7 Å². The fraction of sp³-hybridized carbons (Fsp3) is 0.385. The zero-order valence-electron chi connectivity index (χ0n) is 21.7. The van der Waals surface area contributed by atoms with Crippen LogP contribution in [-0.2, 0) is 10.0 Å². The van der Waals surface area contributed by atoms with Crippen molar-refractivity contribution in [1.82, 2.24) is 14.2 Å². The smallest absolute Gasteiger partial charge is 0.243 e. The van der Waals surface area contributed by atoms with E-state index in [1.807, 2.05) is 12.1 Å². The number of nitrogens with two attached hydrogens (primary N) is 1. The molecule has 1 aromatic heterocycles. The molecule has 3 heterocycles. The Morgan fingerprint density at radius 3 is 2.23 bits per heavy atom. The molecule has 2 aliphatic rings. The minimum atomic E-state index is -3.62. The van der Waals surface area contributed by atoms with E-state index in [1.54, 1.807) is 12.1 Å². The van der Waals surface area contributed by atoms with Crippen molar-refractivity contribution in [3.05, 3.63) is 70.1 Å². The van der Waals surface area contributed by atoms with Crippen LogP contribution in [0, 0.1) is 11.6 Å². The van der Waals surface area contributed by atoms with E-state index in [2.05, 4.69) is 22.2 Å². The molecule has 14 heteroatoms. The number of hydrogen-bond donors (Lipinski definition) is 2. The highest BCUT2D eigenvalue weighted by molar-refractivity contribution is 7.89. The molecular weight excluding hydrogens is 603 g/mol. The van der Waals surface area contributed by atoms with Crippen LogP contribution in [0.4, 0.5) is 19.7 Å². The molecule has 1 atom stereocenters. The number of likely N-dealkylation sites (tertiary alicyclic amines) is 1. The molecule has 3 N–H and O–H groups in total. The van der Waals surface area contributed by atoms with Gasteiger partial charge in [0.15, 0.2) is 5.13 Å². The number of anilines is 2. The van der Waals surface area contributed by atoms with Gasteiger partial charge < -0.3 is 11.1 Å². The van der Waals surface area contributed by atoms with E-state index in [9.17, 15) is 22.0 Å². The van der Waals surface area contributed by atoms with Gasteiger partial charge in [0.2, 0.25) is 15.8 Å². The van der Waals surface area contributed by atoms with Crippen LogP contribution in [0.15, 0.2) is 47.4 Å². The molecule has 3 aromatic rings. The first kappa shape index (κ1) is 32.2. The summed E-state index contributed by atoms with van der Waals surface area (Å²) < 4.78 is 56.1. The fourth-order valence-corrected chi connectivity index (χ4v) is 7.52. The summed E-state index contributed by atoms with van der Waals surface area (Å²) in [6.07, 6.45) is 3.26. The molecule has 218 valence electrons. The van der Waals surface area contributed by atoms with E-state index in [4.69, 9.17) is 5.73 Å². The zero-order chi connectivity index (χ0) is 27.0. The van der Waals surface area contributed by atoms with Crippen LogP contribution in [0.2, 0.25) is 0 Å². The first-order chi connectivity index (χ1) is 18.1. The second-order valence-corrected chi connectivity index (χ2v) is 12.6. The van der Waals surface area contributed by atoms with Gasteiger partial charge >= 0.3 is 0 Å². The highest BCUT2D eigenvalue weighted by Gasteiger charge is 2.31. The third-order valence-corrected chi connectivity index (χ3v) is 10.2. The molecule has 0 aliphatic carbocycles. The predicted octanol–water partition coefficient (Wildman–Crippen LogP) is 5.11. The van der Waals surface area contributed by atoms with Crippen LogP contribution >= 0.6 is 36.2 Å². The van der Waals surface area contributed by atoms with Crippen LogP contribution in [-0.4, -0.2) is 61.1 Å². The molecule has 0 radical (unpaired) electrons. The van der Waals surface area contributed by atoms with Crippen molar-refractivity contribution in [3.8, 4) is 0 Å². The molecule has 40 heavy (non-hydrogen) atoms. The minimum absolute atomic E-state index is 0. The van der Waals surface area contributed by atoms with Gasteiger partial charge in [0.1, 0.15) is 22.3 Å². The molecule has 1 unspecified atom stereocenters. The molecule has 2 fully saturated rings. The Bertz CT molecular complexity index is 1430. The second kappa shape index (κ2) is 13.1. The largest absolute Gasteiger partial charge is 0.382 e. The Morgan fingerprint density at radius 2 is 1.65 bits per heavy atom. The van der Waals surface area contributed by atoms with Crippen molar-refractivity contribution in [1.29, 1.82) is 0 Å². The van der Waals surface area contributed by atoms with E-state index in [-0.39, 0.29) is 46.4 Å². The van der Waals surface area contributed by atoms with Crippen molar-refractivity contribution >= 4 is 62.9 Å². The number of rotatable bonds is 7. The van der Waals surface area contributed by atoms with Gasteiger partial charge in [-0.2, -0.15) is 4.31 Å². The maximum Gasteiger partial charge on any atom is 0.243 e. The molecule has 2 aromatic carbocycles. The summed E-state index contributed by atoms with van der Waals surface area (Å²) >= 11 is 0.923. The van der Waals surface area contributed by atoms with E-state index in [1.165, 1.54) is 10.4 Å². The van der Waals surface area contributed by atoms with Crippen molar-refractivity contribution in [2.75, 3.05) is 37.7 Å². The topological polar surface area (TPSA) is 109 Å². The van der Waals surface area contributed by atoms with E-state index < -0.39 is 33.0 Å². The van der Waals surface area contributed by atoms with Gasteiger partial charge in [-0.15, -0.1) is 24.8 Å². The number of nitrogens with zero attached hydrogens (tertiary/aromatic N) is 3. The number of carbonyl (C=O) groups excluding carboxylic acids is 1. The van der Waals surface area contributed by atoms with Crippen molar-refractivity contribution < 1.29 is 22.0 Å². The average molecular weight is 635 g/mol. The van der Waals surface area contributed by atoms with Gasteiger partial charge in [0.05, 0.1) is 10.5 Å². The quantitative estimate of drug-likeness (QED) is 0.348. The van der Waals surface area contributed by atoms with Gasteiger partial charge in [-0.25, -0.2) is 22.2 Å². The maximum absolute atomic E-state index is 14.1. The van der Waals surface area contributed by atoms with Crippen LogP contribution in [0.3, 0.4) is 0 Å². The normalized spacial score (nSPS) is 18.6. The van der Waals surface area contributed by atoms with Gasteiger partial charge in [0.25, 0.3) is 0 Å². The lowest BCUT2D eigenvalue weighted by Crippen LogP contribution is -2.42. The van der Waals surface area contributed by atoms with Crippen molar-refractivity contribution in [3.63, 3.8) is 0 Å². The van der Waals surface area contributed by atoms with Crippen LogP contribution < -0.4 is 11.1 Å². The lowest BCUT2D eigenvalue weighted by molar-refractivity contribution is 0.103. The number of sulfonamides is 1.